The maximum absolute atomic E-state index is 5.12. The van der Waals surface area contributed by atoms with Crippen LogP contribution in [-0.4, -0.2) is 16.5 Å². The van der Waals surface area contributed by atoms with Gasteiger partial charge in [-0.2, -0.15) is 0 Å². The minimum absolute atomic E-state index is 0.651. The van der Waals surface area contributed by atoms with Gasteiger partial charge in [0.1, 0.15) is 0 Å². The zero-order valence-electron chi connectivity index (χ0n) is 7.96. The van der Waals surface area contributed by atoms with Crippen LogP contribution in [0.5, 0.6) is 0 Å². The van der Waals surface area contributed by atoms with Crippen LogP contribution in [0.15, 0.2) is 6.20 Å². The van der Waals surface area contributed by atoms with Crippen LogP contribution in [-0.2, 0) is 0 Å². The molecule has 1 aromatic rings. The molecule has 3 nitrogen and oxygen atoms in total. The van der Waals surface area contributed by atoms with Crippen molar-refractivity contribution in [3.05, 3.63) is 17.5 Å². The first-order valence-corrected chi connectivity index (χ1v) is 4.21. The van der Waals surface area contributed by atoms with Crippen molar-refractivity contribution in [3.8, 4) is 12.3 Å². The molecule has 1 heterocycles. The number of aromatic nitrogens is 2. The molecule has 0 fully saturated rings. The number of anilines is 1. The van der Waals surface area contributed by atoms with Crippen molar-refractivity contribution < 1.29 is 0 Å². The highest BCUT2D eigenvalue weighted by Gasteiger charge is 1.97. The van der Waals surface area contributed by atoms with E-state index >= 15 is 0 Å². The van der Waals surface area contributed by atoms with Crippen molar-refractivity contribution in [2.75, 3.05) is 11.9 Å². The van der Waals surface area contributed by atoms with Crippen LogP contribution in [0.4, 0.5) is 5.95 Å². The first-order chi connectivity index (χ1) is 6.24. The van der Waals surface area contributed by atoms with Crippen molar-refractivity contribution in [3.63, 3.8) is 0 Å². The van der Waals surface area contributed by atoms with E-state index in [9.17, 15) is 0 Å². The van der Waals surface area contributed by atoms with Gasteiger partial charge in [0.15, 0.2) is 0 Å². The molecule has 0 bridgehead atoms. The molecule has 0 atom stereocenters. The summed E-state index contributed by atoms with van der Waals surface area (Å²) < 4.78 is 0. The maximum atomic E-state index is 5.12. The summed E-state index contributed by atoms with van der Waals surface area (Å²) in [5.74, 6) is 3.20. The standard InChI is InChI=1S/C10H13N3/c1-4-5-6-11-10-12-7-8(2)9(3)13-10/h1,7H,5-6H2,2-3H3,(H,11,12,13). The van der Waals surface area contributed by atoms with Gasteiger partial charge in [-0.1, -0.05) is 0 Å². The van der Waals surface area contributed by atoms with Crippen molar-refractivity contribution in [2.24, 2.45) is 0 Å². The fourth-order valence-electron chi connectivity index (χ4n) is 0.859. The molecule has 0 unspecified atom stereocenters. The van der Waals surface area contributed by atoms with E-state index in [1.807, 2.05) is 13.8 Å². The third-order valence-electron chi connectivity index (χ3n) is 1.78. The Morgan fingerprint density at radius 3 is 2.92 bits per heavy atom. The zero-order valence-corrected chi connectivity index (χ0v) is 7.96. The lowest BCUT2D eigenvalue weighted by Gasteiger charge is -2.04. The number of terminal acetylenes is 1. The minimum Gasteiger partial charge on any atom is -0.353 e. The van der Waals surface area contributed by atoms with Gasteiger partial charge in [-0.15, -0.1) is 12.3 Å². The molecule has 0 aliphatic carbocycles. The van der Waals surface area contributed by atoms with Gasteiger partial charge in [0.2, 0.25) is 5.95 Å². The van der Waals surface area contributed by atoms with Crippen molar-refractivity contribution in [1.29, 1.82) is 0 Å². The highest BCUT2D eigenvalue weighted by molar-refractivity contribution is 5.28. The Bertz CT molecular complexity index is 325. The van der Waals surface area contributed by atoms with Gasteiger partial charge in [0, 0.05) is 24.9 Å². The van der Waals surface area contributed by atoms with E-state index < -0.39 is 0 Å². The number of hydrogen-bond acceptors (Lipinski definition) is 3. The minimum atomic E-state index is 0.651. The Morgan fingerprint density at radius 2 is 2.31 bits per heavy atom. The van der Waals surface area contributed by atoms with Crippen LogP contribution >= 0.6 is 0 Å². The van der Waals surface area contributed by atoms with Gasteiger partial charge in [-0.25, -0.2) is 9.97 Å². The number of aryl methyl sites for hydroxylation is 2. The molecule has 1 N–H and O–H groups in total. The lowest BCUT2D eigenvalue weighted by Crippen LogP contribution is -2.05. The Morgan fingerprint density at radius 1 is 1.54 bits per heavy atom. The molecule has 3 heteroatoms. The first kappa shape index (κ1) is 9.53. The van der Waals surface area contributed by atoms with E-state index in [0.29, 0.717) is 12.4 Å². The Kier molecular flexibility index (Phi) is 3.27. The fourth-order valence-corrected chi connectivity index (χ4v) is 0.859. The zero-order chi connectivity index (χ0) is 9.68. The topological polar surface area (TPSA) is 37.8 Å². The summed E-state index contributed by atoms with van der Waals surface area (Å²) in [6.45, 7) is 4.67. The summed E-state index contributed by atoms with van der Waals surface area (Å²) in [4.78, 5) is 8.37. The lowest BCUT2D eigenvalue weighted by molar-refractivity contribution is 1.000. The Labute approximate surface area is 78.6 Å². The predicted molar refractivity (Wildman–Crippen MR) is 53.4 cm³/mol. The van der Waals surface area contributed by atoms with Crippen molar-refractivity contribution in [1.82, 2.24) is 9.97 Å². The molecule has 0 saturated heterocycles. The van der Waals surface area contributed by atoms with Crippen LogP contribution < -0.4 is 5.32 Å². The van der Waals surface area contributed by atoms with Gasteiger partial charge in [0.05, 0.1) is 0 Å². The molecule has 1 aromatic heterocycles. The maximum Gasteiger partial charge on any atom is 0.222 e. The summed E-state index contributed by atoms with van der Waals surface area (Å²) in [7, 11) is 0. The number of nitrogens with one attached hydrogen (secondary N) is 1. The largest absolute Gasteiger partial charge is 0.353 e. The van der Waals surface area contributed by atoms with Gasteiger partial charge in [-0.3, -0.25) is 0 Å². The van der Waals surface area contributed by atoms with Gasteiger partial charge in [0.25, 0.3) is 0 Å². The number of hydrogen-bond donors (Lipinski definition) is 1. The van der Waals surface area contributed by atoms with Gasteiger partial charge >= 0.3 is 0 Å². The van der Waals surface area contributed by atoms with Crippen LogP contribution in [0.3, 0.4) is 0 Å². The molecular weight excluding hydrogens is 162 g/mol. The summed E-state index contributed by atoms with van der Waals surface area (Å²) in [5.41, 5.74) is 2.10. The predicted octanol–water partition coefficient (Wildman–Crippen LogP) is 1.53. The van der Waals surface area contributed by atoms with Crippen molar-refractivity contribution >= 4 is 5.95 Å². The molecule has 0 spiro atoms. The second kappa shape index (κ2) is 4.46. The first-order valence-electron chi connectivity index (χ1n) is 4.21. The second-order valence-electron chi connectivity index (χ2n) is 2.84. The molecule has 0 aromatic carbocycles. The highest BCUT2D eigenvalue weighted by Crippen LogP contribution is 2.04. The van der Waals surface area contributed by atoms with Crippen LogP contribution in [0.1, 0.15) is 17.7 Å². The molecule has 13 heavy (non-hydrogen) atoms. The smallest absolute Gasteiger partial charge is 0.222 e. The summed E-state index contributed by atoms with van der Waals surface area (Å²) in [6.07, 6.45) is 7.61. The van der Waals surface area contributed by atoms with Crippen LogP contribution in [0.25, 0.3) is 0 Å². The lowest BCUT2D eigenvalue weighted by atomic mass is 10.3. The van der Waals surface area contributed by atoms with Gasteiger partial charge < -0.3 is 5.32 Å². The molecule has 0 amide bonds. The third kappa shape index (κ3) is 2.75. The summed E-state index contributed by atoms with van der Waals surface area (Å²) in [5, 5.41) is 3.05. The average molecular weight is 175 g/mol. The molecular formula is C10H13N3. The Hall–Kier alpha value is -1.56. The molecule has 0 saturated carbocycles. The van der Waals surface area contributed by atoms with Crippen LogP contribution in [0.2, 0.25) is 0 Å². The molecule has 0 radical (unpaired) electrons. The second-order valence-corrected chi connectivity index (χ2v) is 2.84. The summed E-state index contributed by atoms with van der Waals surface area (Å²) >= 11 is 0. The Balaban J connectivity index is 2.59. The van der Waals surface area contributed by atoms with Gasteiger partial charge in [-0.05, 0) is 19.4 Å². The quantitative estimate of drug-likeness (QED) is 0.559. The highest BCUT2D eigenvalue weighted by atomic mass is 15.1. The van der Waals surface area contributed by atoms with Crippen molar-refractivity contribution in [2.45, 2.75) is 20.3 Å². The third-order valence-corrected chi connectivity index (χ3v) is 1.78. The molecule has 68 valence electrons. The number of nitrogens with zero attached hydrogens (tertiary/aromatic N) is 2. The van der Waals surface area contributed by atoms with E-state index in [4.69, 9.17) is 6.42 Å². The molecule has 0 aliphatic heterocycles. The molecule has 0 aliphatic rings. The molecule has 1 rings (SSSR count). The van der Waals surface area contributed by atoms with E-state index in [0.717, 1.165) is 17.8 Å². The number of rotatable bonds is 3. The monoisotopic (exact) mass is 175 g/mol. The SMILES string of the molecule is C#CCCNc1ncc(C)c(C)n1. The fraction of sp³-hybridized carbons (Fsp3) is 0.400. The van der Waals surface area contributed by atoms with E-state index in [1.165, 1.54) is 0 Å². The van der Waals surface area contributed by atoms with E-state index in [-0.39, 0.29) is 0 Å². The normalized spacial score (nSPS) is 9.31. The van der Waals surface area contributed by atoms with Crippen LogP contribution in [0, 0.1) is 26.2 Å². The van der Waals surface area contributed by atoms with E-state index in [1.54, 1.807) is 6.20 Å². The average Bonchev–Trinajstić information content (AvgIpc) is 2.12. The summed E-state index contributed by atoms with van der Waals surface area (Å²) in [6, 6.07) is 0. The van der Waals surface area contributed by atoms with E-state index in [2.05, 4.69) is 21.2 Å².